The lowest BCUT2D eigenvalue weighted by atomic mass is 10.0. The highest BCUT2D eigenvalue weighted by Crippen LogP contribution is 2.31. The molecule has 3 aliphatic rings. The third kappa shape index (κ3) is 5.98. The van der Waals surface area contributed by atoms with E-state index in [-0.39, 0.29) is 29.7 Å². The van der Waals surface area contributed by atoms with E-state index in [0.717, 1.165) is 56.8 Å². The number of sulfonamides is 1. The van der Waals surface area contributed by atoms with Gasteiger partial charge in [0.1, 0.15) is 6.54 Å². The number of carbonyl (C=O) groups is 2. The molecule has 188 valence electrons. The lowest BCUT2D eigenvalue weighted by Crippen LogP contribution is -2.44. The number of anilines is 1. The van der Waals surface area contributed by atoms with Crippen LogP contribution in [0.4, 0.5) is 5.69 Å². The van der Waals surface area contributed by atoms with E-state index in [9.17, 15) is 18.0 Å². The molecule has 1 aromatic rings. The fraction of sp³-hybridized carbons (Fsp3) is 0.680. The molecule has 9 heteroatoms. The predicted molar refractivity (Wildman–Crippen MR) is 132 cm³/mol. The van der Waals surface area contributed by atoms with Crippen LogP contribution in [0.2, 0.25) is 0 Å². The number of likely N-dealkylation sites (tertiary alicyclic amines) is 1. The monoisotopic (exact) mass is 490 g/mol. The first kappa shape index (κ1) is 25.1. The molecule has 0 radical (unpaired) electrons. The molecule has 0 bridgehead atoms. The van der Waals surface area contributed by atoms with Crippen molar-refractivity contribution in [3.8, 4) is 0 Å². The van der Waals surface area contributed by atoms with Crippen molar-refractivity contribution in [1.82, 2.24) is 14.5 Å². The Morgan fingerprint density at radius 1 is 1.09 bits per heavy atom. The summed E-state index contributed by atoms with van der Waals surface area (Å²) in [6, 6.07) is 4.95. The second kappa shape index (κ2) is 11.2. The van der Waals surface area contributed by atoms with Gasteiger partial charge in [-0.25, -0.2) is 8.42 Å². The standard InChI is InChI=1S/C25H38N4O4S/c1-20-7-5-13-27(18-20)14-6-12-26-24(30)19-29-23-10-9-22(17-21(23)8-11-25(29)31)34(32,33)28-15-3-2-4-16-28/h9-10,17,20H,2-8,11-16,18-19H2,1H3,(H,26,30). The molecule has 1 aromatic carbocycles. The number of fused-ring (bicyclic) bond motifs is 1. The van der Waals surface area contributed by atoms with Crippen molar-refractivity contribution in [3.63, 3.8) is 0 Å². The summed E-state index contributed by atoms with van der Waals surface area (Å²) in [5, 5.41) is 2.95. The van der Waals surface area contributed by atoms with E-state index in [4.69, 9.17) is 0 Å². The Kier molecular flexibility index (Phi) is 8.26. The van der Waals surface area contributed by atoms with E-state index < -0.39 is 10.0 Å². The van der Waals surface area contributed by atoms with E-state index in [1.807, 2.05) is 0 Å². The Morgan fingerprint density at radius 2 is 1.88 bits per heavy atom. The van der Waals surface area contributed by atoms with Crippen LogP contribution in [0.5, 0.6) is 0 Å². The molecule has 34 heavy (non-hydrogen) atoms. The van der Waals surface area contributed by atoms with Gasteiger partial charge in [0.25, 0.3) is 0 Å². The van der Waals surface area contributed by atoms with E-state index in [2.05, 4.69) is 17.1 Å². The van der Waals surface area contributed by atoms with Crippen LogP contribution in [0.1, 0.15) is 57.4 Å². The Morgan fingerprint density at radius 3 is 2.65 bits per heavy atom. The molecule has 3 aliphatic heterocycles. The summed E-state index contributed by atoms with van der Waals surface area (Å²) in [6.45, 7) is 7.19. The number of nitrogens with one attached hydrogen (secondary N) is 1. The Labute approximate surface area is 203 Å². The van der Waals surface area contributed by atoms with Crippen molar-refractivity contribution in [2.75, 3.05) is 50.7 Å². The van der Waals surface area contributed by atoms with Gasteiger partial charge in [-0.3, -0.25) is 9.59 Å². The van der Waals surface area contributed by atoms with Gasteiger partial charge in [-0.15, -0.1) is 0 Å². The molecule has 3 heterocycles. The van der Waals surface area contributed by atoms with E-state index in [0.29, 0.717) is 31.7 Å². The van der Waals surface area contributed by atoms with E-state index >= 15 is 0 Å². The number of hydrogen-bond acceptors (Lipinski definition) is 5. The van der Waals surface area contributed by atoms with Gasteiger partial charge in [0.2, 0.25) is 21.8 Å². The number of piperidine rings is 2. The molecule has 1 unspecified atom stereocenters. The van der Waals surface area contributed by atoms with Gasteiger partial charge in [-0.2, -0.15) is 4.31 Å². The molecule has 0 aromatic heterocycles. The molecule has 0 saturated carbocycles. The molecule has 0 aliphatic carbocycles. The smallest absolute Gasteiger partial charge is 0.243 e. The molecule has 2 saturated heterocycles. The van der Waals surface area contributed by atoms with Crippen LogP contribution < -0.4 is 10.2 Å². The third-order valence-electron chi connectivity index (χ3n) is 7.22. The van der Waals surface area contributed by atoms with Crippen molar-refractivity contribution in [2.24, 2.45) is 5.92 Å². The zero-order valence-electron chi connectivity index (χ0n) is 20.3. The highest BCUT2D eigenvalue weighted by molar-refractivity contribution is 7.89. The van der Waals surface area contributed by atoms with Crippen molar-refractivity contribution < 1.29 is 18.0 Å². The number of aryl methyl sites for hydroxylation is 1. The molecule has 0 spiro atoms. The van der Waals surface area contributed by atoms with Crippen LogP contribution in [0.3, 0.4) is 0 Å². The zero-order chi connectivity index (χ0) is 24.1. The highest BCUT2D eigenvalue weighted by Gasteiger charge is 2.30. The lowest BCUT2D eigenvalue weighted by molar-refractivity contribution is -0.124. The van der Waals surface area contributed by atoms with E-state index in [1.54, 1.807) is 22.5 Å². The second-order valence-corrected chi connectivity index (χ2v) is 11.9. The molecule has 2 amide bonds. The number of rotatable bonds is 8. The maximum atomic E-state index is 13.1. The fourth-order valence-electron chi connectivity index (χ4n) is 5.34. The third-order valence-corrected chi connectivity index (χ3v) is 9.11. The number of benzene rings is 1. The number of amides is 2. The van der Waals surface area contributed by atoms with Crippen LogP contribution in [0.15, 0.2) is 23.1 Å². The minimum absolute atomic E-state index is 0.0369. The topological polar surface area (TPSA) is 90.0 Å². The van der Waals surface area contributed by atoms with Gasteiger partial charge in [0, 0.05) is 38.3 Å². The molecule has 8 nitrogen and oxygen atoms in total. The maximum absolute atomic E-state index is 13.1. The minimum atomic E-state index is -3.53. The first-order valence-electron chi connectivity index (χ1n) is 12.8. The molecular weight excluding hydrogens is 452 g/mol. The molecule has 1 atom stereocenters. The number of hydrogen-bond donors (Lipinski definition) is 1. The Balaban J connectivity index is 1.34. The average Bonchev–Trinajstić information content (AvgIpc) is 2.84. The first-order chi connectivity index (χ1) is 16.3. The van der Waals surface area contributed by atoms with Crippen LogP contribution in [-0.4, -0.2) is 75.3 Å². The number of nitrogens with zero attached hydrogens (tertiary/aromatic N) is 3. The fourth-order valence-corrected chi connectivity index (χ4v) is 6.91. The summed E-state index contributed by atoms with van der Waals surface area (Å²) in [7, 11) is -3.53. The van der Waals surface area contributed by atoms with Gasteiger partial charge in [-0.05, 0) is 81.3 Å². The average molecular weight is 491 g/mol. The summed E-state index contributed by atoms with van der Waals surface area (Å²) in [4.78, 5) is 29.4. The van der Waals surface area contributed by atoms with Crippen molar-refractivity contribution in [1.29, 1.82) is 0 Å². The van der Waals surface area contributed by atoms with Crippen molar-refractivity contribution >= 4 is 27.5 Å². The highest BCUT2D eigenvalue weighted by atomic mass is 32.2. The summed E-state index contributed by atoms with van der Waals surface area (Å²) in [5.41, 5.74) is 1.45. The quantitative estimate of drug-likeness (QED) is 0.565. The first-order valence-corrected chi connectivity index (χ1v) is 14.2. The summed E-state index contributed by atoms with van der Waals surface area (Å²) in [6.07, 6.45) is 7.03. The van der Waals surface area contributed by atoms with Gasteiger partial charge in [-0.1, -0.05) is 13.3 Å². The summed E-state index contributed by atoms with van der Waals surface area (Å²) >= 11 is 0. The van der Waals surface area contributed by atoms with Crippen LogP contribution >= 0.6 is 0 Å². The molecule has 4 rings (SSSR count). The second-order valence-electron chi connectivity index (χ2n) is 9.99. The lowest BCUT2D eigenvalue weighted by Gasteiger charge is -2.31. The minimum Gasteiger partial charge on any atom is -0.355 e. The van der Waals surface area contributed by atoms with Crippen molar-refractivity contribution in [2.45, 2.75) is 63.2 Å². The molecular formula is C25H38N4O4S. The molecule has 1 N–H and O–H groups in total. The van der Waals surface area contributed by atoms with Crippen LogP contribution in [0.25, 0.3) is 0 Å². The van der Waals surface area contributed by atoms with Crippen LogP contribution in [0, 0.1) is 5.92 Å². The van der Waals surface area contributed by atoms with Gasteiger partial charge < -0.3 is 15.1 Å². The largest absolute Gasteiger partial charge is 0.355 e. The van der Waals surface area contributed by atoms with Crippen LogP contribution in [-0.2, 0) is 26.0 Å². The summed E-state index contributed by atoms with van der Waals surface area (Å²) in [5.74, 6) is 0.457. The SMILES string of the molecule is CC1CCCN(CCCNC(=O)CN2C(=O)CCc3cc(S(=O)(=O)N4CCCCC4)ccc32)C1. The van der Waals surface area contributed by atoms with Crippen molar-refractivity contribution in [3.05, 3.63) is 23.8 Å². The number of carbonyl (C=O) groups excluding carboxylic acids is 2. The predicted octanol–water partition coefficient (Wildman–Crippen LogP) is 2.38. The maximum Gasteiger partial charge on any atom is 0.243 e. The Hall–Kier alpha value is -1.97. The van der Waals surface area contributed by atoms with E-state index in [1.165, 1.54) is 17.7 Å². The van der Waals surface area contributed by atoms with Gasteiger partial charge in [0.05, 0.1) is 4.90 Å². The zero-order valence-corrected chi connectivity index (χ0v) is 21.1. The summed E-state index contributed by atoms with van der Waals surface area (Å²) < 4.78 is 27.7. The van der Waals surface area contributed by atoms with Gasteiger partial charge in [0.15, 0.2) is 0 Å². The van der Waals surface area contributed by atoms with Gasteiger partial charge >= 0.3 is 0 Å². The normalized spacial score (nSPS) is 22.4. The molecule has 2 fully saturated rings. The Bertz CT molecular complexity index is 991.